The maximum absolute atomic E-state index is 13.8. The molecule has 3 aromatic carbocycles. The Hall–Kier alpha value is -3.88. The Morgan fingerprint density at radius 3 is 2.43 bits per heavy atom. The minimum Gasteiger partial charge on any atom is -0.372 e. The van der Waals surface area contributed by atoms with Gasteiger partial charge >= 0.3 is 0 Å². The van der Waals surface area contributed by atoms with Crippen molar-refractivity contribution in [1.29, 1.82) is 0 Å². The Kier molecular flexibility index (Phi) is 8.32. The van der Waals surface area contributed by atoms with Crippen LogP contribution >= 0.6 is 11.3 Å². The second kappa shape index (κ2) is 12.0. The van der Waals surface area contributed by atoms with E-state index in [1.165, 1.54) is 29.5 Å². The normalized spacial score (nSPS) is 10.7. The molecular formula is C27H24FN3O3S. The van der Waals surface area contributed by atoms with Crippen LogP contribution in [-0.4, -0.2) is 16.8 Å². The summed E-state index contributed by atoms with van der Waals surface area (Å²) in [5, 5.41) is 7.46. The Bertz CT molecular complexity index is 1290. The predicted molar refractivity (Wildman–Crippen MR) is 133 cm³/mol. The number of amides is 2. The van der Waals surface area contributed by atoms with Gasteiger partial charge in [-0.25, -0.2) is 9.37 Å². The quantitative estimate of drug-likeness (QED) is 0.324. The van der Waals surface area contributed by atoms with Crippen molar-refractivity contribution in [3.8, 4) is 0 Å². The molecule has 4 rings (SSSR count). The second-order valence-electron chi connectivity index (χ2n) is 7.83. The van der Waals surface area contributed by atoms with Gasteiger partial charge in [-0.3, -0.25) is 14.9 Å². The lowest BCUT2D eigenvalue weighted by atomic mass is 10.1. The number of nitrogens with one attached hydrogen (secondary N) is 2. The first-order valence-electron chi connectivity index (χ1n) is 11.0. The van der Waals surface area contributed by atoms with Gasteiger partial charge in [0.05, 0.1) is 30.9 Å². The Balaban J connectivity index is 1.23. The fourth-order valence-electron chi connectivity index (χ4n) is 3.37. The summed E-state index contributed by atoms with van der Waals surface area (Å²) in [5.41, 5.74) is 3.58. The Morgan fingerprint density at radius 2 is 1.60 bits per heavy atom. The first kappa shape index (κ1) is 24.3. The van der Waals surface area contributed by atoms with Gasteiger partial charge in [0.2, 0.25) is 5.91 Å². The zero-order valence-electron chi connectivity index (χ0n) is 18.9. The number of halogens is 1. The zero-order valence-corrected chi connectivity index (χ0v) is 19.7. The van der Waals surface area contributed by atoms with Gasteiger partial charge in [0.1, 0.15) is 5.82 Å². The lowest BCUT2D eigenvalue weighted by Crippen LogP contribution is -2.24. The van der Waals surface area contributed by atoms with E-state index in [9.17, 15) is 14.0 Å². The highest BCUT2D eigenvalue weighted by Gasteiger charge is 2.14. The van der Waals surface area contributed by atoms with Crippen molar-refractivity contribution < 1.29 is 18.7 Å². The minimum atomic E-state index is -0.604. The summed E-state index contributed by atoms with van der Waals surface area (Å²) < 4.78 is 19.5. The number of anilines is 1. The highest BCUT2D eigenvalue weighted by atomic mass is 32.1. The average molecular weight is 490 g/mol. The van der Waals surface area contributed by atoms with Crippen LogP contribution in [0.25, 0.3) is 0 Å². The molecule has 4 aromatic rings. The molecule has 0 unspecified atom stereocenters. The lowest BCUT2D eigenvalue weighted by Gasteiger charge is -2.08. The maximum Gasteiger partial charge on any atom is 0.260 e. The number of aromatic nitrogens is 1. The molecule has 0 atom stereocenters. The van der Waals surface area contributed by atoms with E-state index in [0.29, 0.717) is 30.6 Å². The molecule has 0 saturated heterocycles. The van der Waals surface area contributed by atoms with Crippen LogP contribution in [-0.2, 0) is 35.7 Å². The van der Waals surface area contributed by atoms with Gasteiger partial charge in [-0.05, 0) is 28.8 Å². The molecule has 1 heterocycles. The van der Waals surface area contributed by atoms with Crippen molar-refractivity contribution in [1.82, 2.24) is 10.3 Å². The summed E-state index contributed by atoms with van der Waals surface area (Å²) in [7, 11) is 0. The molecule has 0 bridgehead atoms. The second-order valence-corrected chi connectivity index (χ2v) is 8.69. The minimum absolute atomic E-state index is 0.0605. The highest BCUT2D eigenvalue weighted by molar-refractivity contribution is 7.14. The Morgan fingerprint density at radius 1 is 0.886 bits per heavy atom. The SMILES string of the molecule is O=C(Cc1csc(NC(=O)c2ccccc2F)n1)NCc1cccc(COCc2ccccc2)c1. The molecule has 0 saturated carbocycles. The van der Waals surface area contributed by atoms with Crippen LogP contribution in [0.2, 0.25) is 0 Å². The number of rotatable bonds is 10. The fourth-order valence-corrected chi connectivity index (χ4v) is 4.08. The van der Waals surface area contributed by atoms with Crippen LogP contribution in [0.4, 0.5) is 9.52 Å². The molecule has 0 aliphatic heterocycles. The number of carbonyl (C=O) groups is 2. The van der Waals surface area contributed by atoms with E-state index in [1.54, 1.807) is 11.4 Å². The third kappa shape index (κ3) is 7.30. The third-order valence-electron chi connectivity index (χ3n) is 5.09. The molecule has 8 heteroatoms. The van der Waals surface area contributed by atoms with Crippen molar-refractivity contribution in [3.05, 3.63) is 118 Å². The molecule has 2 amide bonds. The van der Waals surface area contributed by atoms with E-state index in [2.05, 4.69) is 15.6 Å². The van der Waals surface area contributed by atoms with E-state index in [0.717, 1.165) is 16.7 Å². The summed E-state index contributed by atoms with van der Waals surface area (Å²) >= 11 is 1.18. The molecule has 0 aliphatic carbocycles. The number of carbonyl (C=O) groups excluding carboxylic acids is 2. The fraction of sp³-hybridized carbons (Fsp3) is 0.148. The van der Waals surface area contributed by atoms with Crippen LogP contribution in [0, 0.1) is 5.82 Å². The number of hydrogen-bond donors (Lipinski definition) is 2. The third-order valence-corrected chi connectivity index (χ3v) is 5.90. The van der Waals surface area contributed by atoms with Crippen LogP contribution < -0.4 is 10.6 Å². The van der Waals surface area contributed by atoms with Gasteiger partial charge < -0.3 is 10.1 Å². The molecule has 1 aromatic heterocycles. The van der Waals surface area contributed by atoms with E-state index in [4.69, 9.17) is 4.74 Å². The largest absolute Gasteiger partial charge is 0.372 e. The number of nitrogens with zero attached hydrogens (tertiary/aromatic N) is 1. The molecule has 0 spiro atoms. The molecule has 0 radical (unpaired) electrons. The van der Waals surface area contributed by atoms with Crippen molar-refractivity contribution >= 4 is 28.3 Å². The van der Waals surface area contributed by atoms with Crippen LogP contribution in [0.3, 0.4) is 0 Å². The number of benzene rings is 3. The summed E-state index contributed by atoms with van der Waals surface area (Å²) in [6.45, 7) is 1.40. The summed E-state index contributed by atoms with van der Waals surface area (Å²) in [4.78, 5) is 28.9. The Labute approximate surface area is 206 Å². The van der Waals surface area contributed by atoms with Gasteiger partial charge in [0, 0.05) is 11.9 Å². The topological polar surface area (TPSA) is 80.3 Å². The summed E-state index contributed by atoms with van der Waals surface area (Å²) in [6, 6.07) is 23.6. The first-order valence-corrected chi connectivity index (χ1v) is 11.9. The molecule has 178 valence electrons. The van der Waals surface area contributed by atoms with Crippen molar-refractivity contribution in [3.63, 3.8) is 0 Å². The molecule has 2 N–H and O–H groups in total. The monoisotopic (exact) mass is 489 g/mol. The first-order chi connectivity index (χ1) is 17.1. The van der Waals surface area contributed by atoms with Gasteiger partial charge in [0.15, 0.2) is 5.13 Å². The predicted octanol–water partition coefficient (Wildman–Crippen LogP) is 5.11. The van der Waals surface area contributed by atoms with E-state index in [1.807, 2.05) is 54.6 Å². The highest BCUT2D eigenvalue weighted by Crippen LogP contribution is 2.18. The van der Waals surface area contributed by atoms with E-state index < -0.39 is 11.7 Å². The molecule has 6 nitrogen and oxygen atoms in total. The van der Waals surface area contributed by atoms with E-state index in [-0.39, 0.29) is 17.9 Å². The molecule has 0 fully saturated rings. The van der Waals surface area contributed by atoms with Gasteiger partial charge in [0.25, 0.3) is 5.91 Å². The molecular weight excluding hydrogens is 465 g/mol. The van der Waals surface area contributed by atoms with Crippen molar-refractivity contribution in [2.24, 2.45) is 0 Å². The van der Waals surface area contributed by atoms with Crippen molar-refractivity contribution in [2.45, 2.75) is 26.2 Å². The van der Waals surface area contributed by atoms with Crippen LogP contribution in [0.15, 0.2) is 84.2 Å². The number of ether oxygens (including phenoxy) is 1. The summed E-state index contributed by atoms with van der Waals surface area (Å²) in [5.74, 6) is -1.37. The van der Waals surface area contributed by atoms with Gasteiger partial charge in [-0.1, -0.05) is 66.7 Å². The standard InChI is InChI=1S/C27H24FN3O3S/c28-24-12-5-4-11-23(24)26(33)31-27-30-22(18-35-27)14-25(32)29-15-20-9-6-10-21(13-20)17-34-16-19-7-2-1-3-8-19/h1-13,18H,14-17H2,(H,29,32)(H,30,31,33). The van der Waals surface area contributed by atoms with Crippen molar-refractivity contribution in [2.75, 3.05) is 5.32 Å². The zero-order chi connectivity index (χ0) is 24.5. The lowest BCUT2D eigenvalue weighted by molar-refractivity contribution is -0.120. The molecule has 0 aliphatic rings. The van der Waals surface area contributed by atoms with Gasteiger partial charge in [-0.15, -0.1) is 11.3 Å². The number of hydrogen-bond acceptors (Lipinski definition) is 5. The number of thiazole rings is 1. The average Bonchev–Trinajstić information content (AvgIpc) is 3.30. The smallest absolute Gasteiger partial charge is 0.260 e. The van der Waals surface area contributed by atoms with Gasteiger partial charge in [-0.2, -0.15) is 0 Å². The maximum atomic E-state index is 13.8. The molecule has 35 heavy (non-hydrogen) atoms. The van der Waals surface area contributed by atoms with Crippen LogP contribution in [0.5, 0.6) is 0 Å². The summed E-state index contributed by atoms with van der Waals surface area (Å²) in [6.07, 6.45) is 0.0753. The van der Waals surface area contributed by atoms with E-state index >= 15 is 0 Å². The van der Waals surface area contributed by atoms with Crippen LogP contribution in [0.1, 0.15) is 32.7 Å².